The van der Waals surface area contributed by atoms with Crippen molar-refractivity contribution in [2.24, 2.45) is 0 Å². The van der Waals surface area contributed by atoms with Gasteiger partial charge in [-0.2, -0.15) is 0 Å². The second-order valence-corrected chi connectivity index (χ2v) is 9.93. The zero-order chi connectivity index (χ0) is 27.8. The van der Waals surface area contributed by atoms with E-state index in [9.17, 15) is 18.7 Å². The summed E-state index contributed by atoms with van der Waals surface area (Å²) in [6.45, 7) is 4.93. The molecule has 2 aromatic heterocycles. The van der Waals surface area contributed by atoms with Gasteiger partial charge in [0.15, 0.2) is 0 Å². The van der Waals surface area contributed by atoms with Crippen molar-refractivity contribution in [1.82, 2.24) is 20.0 Å². The van der Waals surface area contributed by atoms with Gasteiger partial charge >= 0.3 is 0 Å². The molecule has 206 valence electrons. The zero-order valence-electron chi connectivity index (χ0n) is 22.5. The van der Waals surface area contributed by atoms with Crippen LogP contribution in [0, 0.1) is 11.6 Å². The number of hydrogen-bond acceptors (Lipinski definition) is 4. The van der Waals surface area contributed by atoms with Crippen LogP contribution in [0.2, 0.25) is 0 Å². The molecule has 0 aliphatic heterocycles. The molecule has 0 aliphatic rings. The fourth-order valence-electron chi connectivity index (χ4n) is 4.69. The average Bonchev–Trinajstić information content (AvgIpc) is 3.33. The summed E-state index contributed by atoms with van der Waals surface area (Å²) in [6, 6.07) is 14.1. The third kappa shape index (κ3) is 7.71. The van der Waals surface area contributed by atoms with Crippen molar-refractivity contribution in [2.45, 2.75) is 64.6 Å². The standard InChI is InChI=1S/C31H36F2N4O2/c1-3-5-9-27-18-35-30-11-10-24(20-37(27)30)31(39)36-28(15-23-13-25(32)16-26(33)14-23)29(38)19-34-17-22-8-6-7-21(4-2)12-22/h6-8,10-14,16,18,20,28-29,34,38H,3-5,9,15,17,19H2,1-2H3,(H,36,39)/t28-,29+/m0/s1. The first-order chi connectivity index (χ1) is 18.9. The van der Waals surface area contributed by atoms with E-state index in [1.807, 2.05) is 22.7 Å². The van der Waals surface area contributed by atoms with Crippen LogP contribution < -0.4 is 10.6 Å². The van der Waals surface area contributed by atoms with E-state index < -0.39 is 23.8 Å². The lowest BCUT2D eigenvalue weighted by molar-refractivity contribution is 0.0829. The lowest BCUT2D eigenvalue weighted by Gasteiger charge is -2.25. The first kappa shape index (κ1) is 28.4. The Bertz CT molecular complexity index is 1380. The normalized spacial score (nSPS) is 12.9. The number of aromatic nitrogens is 2. The van der Waals surface area contributed by atoms with Crippen molar-refractivity contribution >= 4 is 11.6 Å². The highest BCUT2D eigenvalue weighted by atomic mass is 19.1. The third-order valence-electron chi connectivity index (χ3n) is 6.87. The van der Waals surface area contributed by atoms with Crippen molar-refractivity contribution < 1.29 is 18.7 Å². The van der Waals surface area contributed by atoms with E-state index in [2.05, 4.69) is 41.6 Å². The molecule has 39 heavy (non-hydrogen) atoms. The minimum absolute atomic E-state index is 0.0592. The molecule has 2 aromatic carbocycles. The Morgan fingerprint density at radius 2 is 1.79 bits per heavy atom. The number of nitrogens with one attached hydrogen (secondary N) is 2. The molecule has 0 saturated carbocycles. The number of halogens is 2. The zero-order valence-corrected chi connectivity index (χ0v) is 22.5. The van der Waals surface area contributed by atoms with Crippen LogP contribution in [0.15, 0.2) is 67.0 Å². The Labute approximate surface area is 228 Å². The Hall–Kier alpha value is -3.62. The molecular formula is C31H36F2N4O2. The quantitative estimate of drug-likeness (QED) is 0.225. The van der Waals surface area contributed by atoms with Gasteiger partial charge in [-0.25, -0.2) is 13.8 Å². The van der Waals surface area contributed by atoms with E-state index in [1.54, 1.807) is 18.3 Å². The van der Waals surface area contributed by atoms with E-state index in [0.29, 0.717) is 17.7 Å². The number of aliphatic hydroxyl groups excluding tert-OH is 1. The molecule has 2 atom stereocenters. The van der Waals surface area contributed by atoms with Crippen molar-refractivity contribution in [3.05, 3.63) is 107 Å². The van der Waals surface area contributed by atoms with Gasteiger partial charge in [0.2, 0.25) is 0 Å². The predicted octanol–water partition coefficient (Wildman–Crippen LogP) is 5.01. The van der Waals surface area contributed by atoms with Gasteiger partial charge in [-0.05, 0) is 66.6 Å². The molecule has 6 nitrogen and oxygen atoms in total. The summed E-state index contributed by atoms with van der Waals surface area (Å²) < 4.78 is 29.7. The molecule has 0 spiro atoms. The summed E-state index contributed by atoms with van der Waals surface area (Å²) in [6.07, 6.45) is 6.45. The van der Waals surface area contributed by atoms with Crippen molar-refractivity contribution in [1.29, 1.82) is 0 Å². The molecule has 3 N–H and O–H groups in total. The van der Waals surface area contributed by atoms with Crippen LogP contribution in [0.1, 0.15) is 59.4 Å². The molecule has 0 bridgehead atoms. The number of aliphatic hydroxyl groups is 1. The molecule has 0 fully saturated rings. The predicted molar refractivity (Wildman–Crippen MR) is 149 cm³/mol. The molecule has 8 heteroatoms. The van der Waals surface area contributed by atoms with Crippen molar-refractivity contribution in [2.75, 3.05) is 6.54 Å². The maximum Gasteiger partial charge on any atom is 0.253 e. The van der Waals surface area contributed by atoms with Crippen LogP contribution >= 0.6 is 0 Å². The van der Waals surface area contributed by atoms with Gasteiger partial charge in [-0.15, -0.1) is 0 Å². The third-order valence-corrected chi connectivity index (χ3v) is 6.87. The first-order valence-corrected chi connectivity index (χ1v) is 13.5. The molecule has 0 saturated heterocycles. The Kier molecular flexibility index (Phi) is 9.79. The minimum Gasteiger partial charge on any atom is -0.390 e. The molecular weight excluding hydrogens is 498 g/mol. The van der Waals surface area contributed by atoms with Crippen LogP contribution in [0.25, 0.3) is 5.65 Å². The molecule has 0 aliphatic carbocycles. The lowest BCUT2D eigenvalue weighted by Crippen LogP contribution is -2.48. The van der Waals surface area contributed by atoms with Crippen LogP contribution in [-0.4, -0.2) is 39.1 Å². The molecule has 0 unspecified atom stereocenters. The maximum atomic E-state index is 13.9. The van der Waals surface area contributed by atoms with Crippen LogP contribution in [0.3, 0.4) is 0 Å². The Balaban J connectivity index is 1.50. The van der Waals surface area contributed by atoms with E-state index in [1.165, 1.54) is 17.7 Å². The number of unbranched alkanes of at least 4 members (excludes halogenated alkanes) is 1. The number of rotatable bonds is 13. The highest BCUT2D eigenvalue weighted by Crippen LogP contribution is 2.15. The Morgan fingerprint density at radius 3 is 2.54 bits per heavy atom. The summed E-state index contributed by atoms with van der Waals surface area (Å²) in [7, 11) is 0. The summed E-state index contributed by atoms with van der Waals surface area (Å²) in [4.78, 5) is 17.7. The van der Waals surface area contributed by atoms with Crippen molar-refractivity contribution in [3.63, 3.8) is 0 Å². The fourth-order valence-corrected chi connectivity index (χ4v) is 4.69. The van der Waals surface area contributed by atoms with E-state index >= 15 is 0 Å². The summed E-state index contributed by atoms with van der Waals surface area (Å²) >= 11 is 0. The second-order valence-electron chi connectivity index (χ2n) is 9.93. The smallest absolute Gasteiger partial charge is 0.253 e. The summed E-state index contributed by atoms with van der Waals surface area (Å²) in [5.41, 5.74) is 4.83. The minimum atomic E-state index is -1.01. The molecule has 4 aromatic rings. The average molecular weight is 535 g/mol. The Morgan fingerprint density at radius 1 is 1.03 bits per heavy atom. The summed E-state index contributed by atoms with van der Waals surface area (Å²) in [5.74, 6) is -1.80. The number of carbonyl (C=O) groups is 1. The van der Waals surface area contributed by atoms with Crippen LogP contribution in [0.5, 0.6) is 0 Å². The highest BCUT2D eigenvalue weighted by molar-refractivity contribution is 5.94. The van der Waals surface area contributed by atoms with E-state index in [-0.39, 0.29) is 18.9 Å². The first-order valence-electron chi connectivity index (χ1n) is 13.5. The van der Waals surface area contributed by atoms with Gasteiger partial charge < -0.3 is 20.1 Å². The largest absolute Gasteiger partial charge is 0.390 e. The van der Waals surface area contributed by atoms with Gasteiger partial charge in [0.25, 0.3) is 5.91 Å². The number of pyridine rings is 1. The van der Waals surface area contributed by atoms with Gasteiger partial charge in [0.1, 0.15) is 17.3 Å². The number of nitrogens with zero attached hydrogens (tertiary/aromatic N) is 2. The number of benzene rings is 2. The molecule has 0 radical (unpaired) electrons. The maximum absolute atomic E-state index is 13.9. The van der Waals surface area contributed by atoms with E-state index in [4.69, 9.17) is 0 Å². The van der Waals surface area contributed by atoms with Crippen LogP contribution in [0.4, 0.5) is 8.78 Å². The molecule has 4 rings (SSSR count). The highest BCUT2D eigenvalue weighted by Gasteiger charge is 2.23. The number of hydrogen-bond donors (Lipinski definition) is 3. The molecule has 2 heterocycles. The van der Waals surface area contributed by atoms with Gasteiger partial charge in [-0.3, -0.25) is 4.79 Å². The van der Waals surface area contributed by atoms with Crippen molar-refractivity contribution in [3.8, 4) is 0 Å². The molecule has 1 amide bonds. The number of fused-ring (bicyclic) bond motifs is 1. The number of aryl methyl sites for hydroxylation is 2. The second kappa shape index (κ2) is 13.4. The monoisotopic (exact) mass is 534 g/mol. The fraction of sp³-hybridized carbons (Fsp3) is 0.355. The summed E-state index contributed by atoms with van der Waals surface area (Å²) in [5, 5.41) is 17.2. The van der Waals surface area contributed by atoms with Gasteiger partial charge in [0, 0.05) is 37.2 Å². The number of imidazole rings is 1. The number of amides is 1. The SMILES string of the molecule is CCCCc1cnc2ccc(C(=O)N[C@@H](Cc3cc(F)cc(F)c3)[C@H](O)CNCc3cccc(CC)c3)cn12. The van der Waals surface area contributed by atoms with Crippen LogP contribution in [-0.2, 0) is 25.8 Å². The van der Waals surface area contributed by atoms with E-state index in [0.717, 1.165) is 48.7 Å². The lowest BCUT2D eigenvalue weighted by atomic mass is 10.00. The van der Waals surface area contributed by atoms with Gasteiger partial charge in [-0.1, -0.05) is 44.5 Å². The number of carbonyl (C=O) groups excluding carboxylic acids is 1. The van der Waals surface area contributed by atoms with Gasteiger partial charge in [0.05, 0.1) is 17.7 Å². The topological polar surface area (TPSA) is 78.7 Å².